The van der Waals surface area contributed by atoms with Crippen LogP contribution >= 0.6 is 11.3 Å². The van der Waals surface area contributed by atoms with Gasteiger partial charge in [-0.05, 0) is 37.0 Å². The van der Waals surface area contributed by atoms with Gasteiger partial charge in [-0.25, -0.2) is 4.98 Å². The van der Waals surface area contributed by atoms with Crippen molar-refractivity contribution in [2.24, 2.45) is 13.0 Å². The van der Waals surface area contributed by atoms with Crippen molar-refractivity contribution in [3.63, 3.8) is 0 Å². The van der Waals surface area contributed by atoms with Gasteiger partial charge in [-0.1, -0.05) is 12.8 Å². The van der Waals surface area contributed by atoms with Crippen LogP contribution in [0.2, 0.25) is 0 Å². The SMILES string of the molecule is Cn1cc(-c2cc(Oc3ccc4nc(C[C@@H]5CCCC[C@H]5O)sc4c3)ccn2)cn1. The number of fused-ring (bicyclic) bond motifs is 1. The van der Waals surface area contributed by atoms with E-state index in [4.69, 9.17) is 9.72 Å². The number of rotatable bonds is 5. The van der Waals surface area contributed by atoms with Crippen LogP contribution in [0.4, 0.5) is 0 Å². The standard InChI is InChI=1S/C23H24N4O2S/c1-27-14-16(13-25-27)20-11-18(8-9-24-20)29-17-6-7-19-22(12-17)30-23(26-19)10-15-4-2-3-5-21(15)28/h6-9,11-15,21,28H,2-5,10H2,1H3/t15-,21+/m0/s1. The van der Waals surface area contributed by atoms with E-state index in [2.05, 4.69) is 10.1 Å². The lowest BCUT2D eigenvalue weighted by atomic mass is 9.84. The van der Waals surface area contributed by atoms with Gasteiger partial charge in [-0.15, -0.1) is 11.3 Å². The number of aryl methyl sites for hydroxylation is 1. The molecule has 7 heteroatoms. The molecular weight excluding hydrogens is 396 g/mol. The van der Waals surface area contributed by atoms with E-state index < -0.39 is 0 Å². The summed E-state index contributed by atoms with van der Waals surface area (Å²) in [6, 6.07) is 9.77. The van der Waals surface area contributed by atoms with Crippen LogP contribution in [0.25, 0.3) is 21.5 Å². The van der Waals surface area contributed by atoms with Crippen molar-refractivity contribution in [3.05, 3.63) is 53.9 Å². The van der Waals surface area contributed by atoms with E-state index in [1.54, 1.807) is 28.4 Å². The van der Waals surface area contributed by atoms with E-state index in [-0.39, 0.29) is 6.10 Å². The molecule has 1 aliphatic rings. The van der Waals surface area contributed by atoms with E-state index in [0.29, 0.717) is 5.92 Å². The molecular formula is C23H24N4O2S. The maximum atomic E-state index is 10.3. The maximum absolute atomic E-state index is 10.3. The Morgan fingerprint density at radius 2 is 2.03 bits per heavy atom. The number of ether oxygens (including phenoxy) is 1. The first kappa shape index (κ1) is 19.2. The number of hydrogen-bond donors (Lipinski definition) is 1. The zero-order valence-corrected chi connectivity index (χ0v) is 17.7. The van der Waals surface area contributed by atoms with Gasteiger partial charge in [0.25, 0.3) is 0 Å². The van der Waals surface area contributed by atoms with Crippen LogP contribution < -0.4 is 4.74 Å². The summed E-state index contributed by atoms with van der Waals surface area (Å²) in [6.45, 7) is 0. The number of pyridine rings is 1. The first-order chi connectivity index (χ1) is 14.6. The largest absolute Gasteiger partial charge is 0.457 e. The Morgan fingerprint density at radius 3 is 2.87 bits per heavy atom. The summed E-state index contributed by atoms with van der Waals surface area (Å²) < 4.78 is 8.97. The molecule has 1 aliphatic carbocycles. The number of nitrogens with zero attached hydrogens (tertiary/aromatic N) is 4. The molecule has 1 N–H and O–H groups in total. The number of aromatic nitrogens is 4. The van der Waals surface area contributed by atoms with Gasteiger partial charge in [0.1, 0.15) is 11.5 Å². The second-order valence-electron chi connectivity index (χ2n) is 7.93. The van der Waals surface area contributed by atoms with Gasteiger partial charge in [-0.2, -0.15) is 5.10 Å². The second-order valence-corrected chi connectivity index (χ2v) is 9.05. The fourth-order valence-electron chi connectivity index (χ4n) is 4.08. The second kappa shape index (κ2) is 8.16. The maximum Gasteiger partial charge on any atom is 0.131 e. The number of thiazole rings is 1. The molecule has 0 saturated heterocycles. The highest BCUT2D eigenvalue weighted by atomic mass is 32.1. The highest BCUT2D eigenvalue weighted by Gasteiger charge is 2.24. The van der Waals surface area contributed by atoms with Gasteiger partial charge in [-0.3, -0.25) is 9.67 Å². The lowest BCUT2D eigenvalue weighted by Gasteiger charge is -2.26. The molecule has 3 heterocycles. The third-order valence-electron chi connectivity index (χ3n) is 5.68. The van der Waals surface area contributed by atoms with Crippen LogP contribution in [0.15, 0.2) is 48.9 Å². The molecule has 0 aliphatic heterocycles. The number of benzene rings is 1. The summed E-state index contributed by atoms with van der Waals surface area (Å²) in [5.41, 5.74) is 2.77. The van der Waals surface area contributed by atoms with E-state index in [9.17, 15) is 5.11 Å². The van der Waals surface area contributed by atoms with Crippen LogP contribution in [-0.2, 0) is 13.5 Å². The highest BCUT2D eigenvalue weighted by molar-refractivity contribution is 7.18. The molecule has 0 amide bonds. The minimum Gasteiger partial charge on any atom is -0.457 e. The molecule has 3 aromatic heterocycles. The zero-order chi connectivity index (χ0) is 20.5. The van der Waals surface area contributed by atoms with Crippen molar-refractivity contribution >= 4 is 21.6 Å². The van der Waals surface area contributed by atoms with Crippen LogP contribution in [0.3, 0.4) is 0 Å². The summed E-state index contributed by atoms with van der Waals surface area (Å²) in [6.07, 6.45) is 10.5. The molecule has 0 bridgehead atoms. The van der Waals surface area contributed by atoms with Crippen molar-refractivity contribution in [3.8, 4) is 22.8 Å². The Labute approximate surface area is 179 Å². The summed E-state index contributed by atoms with van der Waals surface area (Å²) >= 11 is 1.69. The predicted octanol–water partition coefficient (Wildman–Crippen LogP) is 4.98. The van der Waals surface area contributed by atoms with E-state index in [1.807, 2.05) is 43.6 Å². The number of aliphatic hydroxyl groups excluding tert-OH is 1. The summed E-state index contributed by atoms with van der Waals surface area (Å²) in [7, 11) is 1.89. The minimum atomic E-state index is -0.189. The summed E-state index contributed by atoms with van der Waals surface area (Å²) in [5.74, 6) is 1.84. The molecule has 4 aromatic rings. The third kappa shape index (κ3) is 4.08. The van der Waals surface area contributed by atoms with Gasteiger partial charge in [0.2, 0.25) is 0 Å². The van der Waals surface area contributed by atoms with Crippen LogP contribution in [0.5, 0.6) is 11.5 Å². The van der Waals surface area contributed by atoms with Gasteiger partial charge in [0.05, 0.1) is 33.2 Å². The third-order valence-corrected chi connectivity index (χ3v) is 6.72. The Morgan fingerprint density at radius 1 is 1.17 bits per heavy atom. The quantitative estimate of drug-likeness (QED) is 0.493. The molecule has 5 rings (SSSR count). The Kier molecular flexibility index (Phi) is 5.23. The minimum absolute atomic E-state index is 0.189. The van der Waals surface area contributed by atoms with Gasteiger partial charge in [0, 0.05) is 43.6 Å². The molecule has 2 atom stereocenters. The molecule has 1 aromatic carbocycles. The van der Waals surface area contributed by atoms with E-state index in [0.717, 1.165) is 63.7 Å². The Bertz CT molecular complexity index is 1170. The predicted molar refractivity (Wildman–Crippen MR) is 118 cm³/mol. The highest BCUT2D eigenvalue weighted by Crippen LogP contribution is 2.33. The summed E-state index contributed by atoms with van der Waals surface area (Å²) in [5, 5.41) is 15.6. The average molecular weight is 421 g/mol. The molecule has 0 radical (unpaired) electrons. The number of hydrogen-bond acceptors (Lipinski definition) is 6. The van der Waals surface area contributed by atoms with E-state index >= 15 is 0 Å². The Balaban J connectivity index is 1.34. The van der Waals surface area contributed by atoms with Crippen molar-refractivity contribution in [1.82, 2.24) is 19.7 Å². The lowest BCUT2D eigenvalue weighted by molar-refractivity contribution is 0.0700. The Hall–Kier alpha value is -2.77. The van der Waals surface area contributed by atoms with Crippen LogP contribution in [-0.4, -0.2) is 31.0 Å². The van der Waals surface area contributed by atoms with Crippen molar-refractivity contribution in [2.75, 3.05) is 0 Å². The molecule has 6 nitrogen and oxygen atoms in total. The zero-order valence-electron chi connectivity index (χ0n) is 16.9. The van der Waals surface area contributed by atoms with Gasteiger partial charge >= 0.3 is 0 Å². The molecule has 1 fully saturated rings. The molecule has 1 saturated carbocycles. The van der Waals surface area contributed by atoms with E-state index in [1.165, 1.54) is 6.42 Å². The smallest absolute Gasteiger partial charge is 0.131 e. The topological polar surface area (TPSA) is 73.1 Å². The molecule has 30 heavy (non-hydrogen) atoms. The van der Waals surface area contributed by atoms with Crippen molar-refractivity contribution in [2.45, 2.75) is 38.2 Å². The van der Waals surface area contributed by atoms with Crippen LogP contribution in [0, 0.1) is 5.92 Å². The molecule has 154 valence electrons. The molecule has 0 unspecified atom stereocenters. The fourth-order valence-corrected chi connectivity index (χ4v) is 5.16. The number of aliphatic hydroxyl groups is 1. The van der Waals surface area contributed by atoms with Crippen molar-refractivity contribution in [1.29, 1.82) is 0 Å². The van der Waals surface area contributed by atoms with Crippen molar-refractivity contribution < 1.29 is 9.84 Å². The fraction of sp³-hybridized carbons (Fsp3) is 0.348. The molecule has 0 spiro atoms. The van der Waals surface area contributed by atoms with Gasteiger partial charge < -0.3 is 9.84 Å². The lowest BCUT2D eigenvalue weighted by Crippen LogP contribution is -2.26. The first-order valence-electron chi connectivity index (χ1n) is 10.3. The normalized spacial score (nSPS) is 19.3. The summed E-state index contributed by atoms with van der Waals surface area (Å²) in [4.78, 5) is 9.20. The van der Waals surface area contributed by atoms with Gasteiger partial charge in [0.15, 0.2) is 0 Å². The van der Waals surface area contributed by atoms with Crippen LogP contribution in [0.1, 0.15) is 30.7 Å². The average Bonchev–Trinajstić information content (AvgIpc) is 3.35. The first-order valence-corrected chi connectivity index (χ1v) is 11.2. The monoisotopic (exact) mass is 420 g/mol.